The van der Waals surface area contributed by atoms with Crippen LogP contribution in [0.5, 0.6) is 5.75 Å². The number of carbonyl (C=O) groups excluding carboxylic acids is 1. The summed E-state index contributed by atoms with van der Waals surface area (Å²) in [6, 6.07) is 9.52. The second kappa shape index (κ2) is 5.21. The SMILES string of the molecule is CC1CCC(C)N(C(=O)Oc2ccccc2)C1. The molecule has 1 amide bonds. The summed E-state index contributed by atoms with van der Waals surface area (Å²) in [6.07, 6.45) is 2.02. The Morgan fingerprint density at radius 1 is 1.24 bits per heavy atom. The van der Waals surface area contributed by atoms with Crippen LogP contribution in [0.2, 0.25) is 0 Å². The molecule has 0 aromatic heterocycles. The van der Waals surface area contributed by atoms with Crippen LogP contribution in [0, 0.1) is 5.92 Å². The first kappa shape index (κ1) is 12.0. The van der Waals surface area contributed by atoms with E-state index in [1.165, 1.54) is 6.42 Å². The monoisotopic (exact) mass is 233 g/mol. The lowest BCUT2D eigenvalue weighted by Gasteiger charge is -2.35. The molecule has 1 fully saturated rings. The van der Waals surface area contributed by atoms with E-state index in [1.807, 2.05) is 23.1 Å². The molecule has 3 nitrogen and oxygen atoms in total. The van der Waals surface area contributed by atoms with Gasteiger partial charge in [-0.15, -0.1) is 0 Å². The fourth-order valence-electron chi connectivity index (χ4n) is 2.19. The van der Waals surface area contributed by atoms with Gasteiger partial charge in [0.25, 0.3) is 0 Å². The maximum Gasteiger partial charge on any atom is 0.415 e. The number of amides is 1. The van der Waals surface area contributed by atoms with E-state index in [9.17, 15) is 4.79 Å². The molecular weight excluding hydrogens is 214 g/mol. The first-order chi connectivity index (χ1) is 8.16. The predicted molar refractivity (Wildman–Crippen MR) is 67.0 cm³/mol. The molecule has 1 aromatic carbocycles. The van der Waals surface area contributed by atoms with Gasteiger partial charge in [-0.2, -0.15) is 0 Å². The zero-order valence-corrected chi connectivity index (χ0v) is 10.4. The molecular formula is C14H19NO2. The largest absolute Gasteiger partial charge is 0.415 e. The molecule has 1 aliphatic rings. The number of nitrogens with zero attached hydrogens (tertiary/aromatic N) is 1. The Balaban J connectivity index is 1.99. The van der Waals surface area contributed by atoms with Crippen molar-refractivity contribution in [3.05, 3.63) is 30.3 Å². The molecule has 3 heteroatoms. The summed E-state index contributed by atoms with van der Waals surface area (Å²) in [5, 5.41) is 0. The lowest BCUT2D eigenvalue weighted by molar-refractivity contribution is 0.102. The van der Waals surface area contributed by atoms with Crippen molar-refractivity contribution in [3.8, 4) is 5.75 Å². The van der Waals surface area contributed by atoms with Crippen LogP contribution in [0.4, 0.5) is 4.79 Å². The number of para-hydroxylation sites is 1. The second-order valence-corrected chi connectivity index (χ2v) is 4.86. The molecule has 0 spiro atoms. The van der Waals surface area contributed by atoms with E-state index in [0.29, 0.717) is 11.7 Å². The molecule has 2 atom stereocenters. The highest BCUT2D eigenvalue weighted by Gasteiger charge is 2.28. The fraction of sp³-hybridized carbons (Fsp3) is 0.500. The summed E-state index contributed by atoms with van der Waals surface area (Å²) in [5.41, 5.74) is 0. The Morgan fingerprint density at radius 2 is 1.94 bits per heavy atom. The highest BCUT2D eigenvalue weighted by atomic mass is 16.6. The van der Waals surface area contributed by atoms with Gasteiger partial charge in [0.1, 0.15) is 5.75 Å². The van der Waals surface area contributed by atoms with Gasteiger partial charge in [-0.3, -0.25) is 0 Å². The number of likely N-dealkylation sites (tertiary alicyclic amines) is 1. The zero-order chi connectivity index (χ0) is 12.3. The van der Waals surface area contributed by atoms with E-state index in [2.05, 4.69) is 13.8 Å². The van der Waals surface area contributed by atoms with Crippen molar-refractivity contribution in [1.82, 2.24) is 4.90 Å². The van der Waals surface area contributed by atoms with Crippen LogP contribution in [-0.2, 0) is 0 Å². The van der Waals surface area contributed by atoms with Gasteiger partial charge in [0.15, 0.2) is 0 Å². The van der Waals surface area contributed by atoms with Crippen LogP contribution in [-0.4, -0.2) is 23.6 Å². The number of carbonyl (C=O) groups is 1. The maximum absolute atomic E-state index is 12.0. The third-order valence-electron chi connectivity index (χ3n) is 3.30. The minimum absolute atomic E-state index is 0.227. The Morgan fingerprint density at radius 3 is 2.65 bits per heavy atom. The van der Waals surface area contributed by atoms with E-state index >= 15 is 0 Å². The Bertz CT molecular complexity index is 377. The molecule has 17 heavy (non-hydrogen) atoms. The molecule has 1 heterocycles. The fourth-order valence-corrected chi connectivity index (χ4v) is 2.19. The molecule has 0 radical (unpaired) electrons. The van der Waals surface area contributed by atoms with Crippen molar-refractivity contribution < 1.29 is 9.53 Å². The summed E-state index contributed by atoms with van der Waals surface area (Å²) in [4.78, 5) is 13.9. The van der Waals surface area contributed by atoms with Gasteiger partial charge in [0.2, 0.25) is 0 Å². The molecule has 0 bridgehead atoms. The predicted octanol–water partition coefficient (Wildman–Crippen LogP) is 3.31. The number of hydrogen-bond donors (Lipinski definition) is 0. The van der Waals surface area contributed by atoms with Crippen LogP contribution in [0.25, 0.3) is 0 Å². The first-order valence-corrected chi connectivity index (χ1v) is 6.20. The minimum atomic E-state index is -0.227. The molecule has 0 saturated carbocycles. The van der Waals surface area contributed by atoms with Crippen LogP contribution < -0.4 is 4.74 Å². The first-order valence-electron chi connectivity index (χ1n) is 6.20. The van der Waals surface area contributed by atoms with E-state index in [-0.39, 0.29) is 12.1 Å². The quantitative estimate of drug-likeness (QED) is 0.744. The average molecular weight is 233 g/mol. The van der Waals surface area contributed by atoms with Crippen molar-refractivity contribution in [3.63, 3.8) is 0 Å². The Hall–Kier alpha value is -1.51. The molecule has 1 aromatic rings. The number of hydrogen-bond acceptors (Lipinski definition) is 2. The maximum atomic E-state index is 12.0. The normalized spacial score (nSPS) is 24.5. The average Bonchev–Trinajstić information content (AvgIpc) is 2.33. The summed E-state index contributed by atoms with van der Waals surface area (Å²) >= 11 is 0. The van der Waals surface area contributed by atoms with Crippen molar-refractivity contribution in [2.45, 2.75) is 32.7 Å². The highest BCUT2D eigenvalue weighted by Crippen LogP contribution is 2.22. The van der Waals surface area contributed by atoms with Gasteiger partial charge in [-0.1, -0.05) is 25.1 Å². The molecule has 2 rings (SSSR count). The van der Waals surface area contributed by atoms with Crippen LogP contribution in [0.1, 0.15) is 26.7 Å². The lowest BCUT2D eigenvalue weighted by atomic mass is 9.96. The van der Waals surface area contributed by atoms with Crippen LogP contribution in [0.15, 0.2) is 30.3 Å². The minimum Gasteiger partial charge on any atom is -0.410 e. The van der Waals surface area contributed by atoms with Gasteiger partial charge in [0.05, 0.1) is 0 Å². The topological polar surface area (TPSA) is 29.5 Å². The van der Waals surface area contributed by atoms with E-state index in [0.717, 1.165) is 13.0 Å². The van der Waals surface area contributed by atoms with Crippen LogP contribution >= 0.6 is 0 Å². The van der Waals surface area contributed by atoms with E-state index in [1.54, 1.807) is 12.1 Å². The van der Waals surface area contributed by atoms with Gasteiger partial charge < -0.3 is 9.64 Å². The third-order valence-corrected chi connectivity index (χ3v) is 3.30. The van der Waals surface area contributed by atoms with Gasteiger partial charge >= 0.3 is 6.09 Å². The number of benzene rings is 1. The Kier molecular flexibility index (Phi) is 3.67. The van der Waals surface area contributed by atoms with Crippen molar-refractivity contribution in [2.75, 3.05) is 6.54 Å². The third kappa shape index (κ3) is 2.99. The molecule has 1 aliphatic heterocycles. The molecule has 0 N–H and O–H groups in total. The molecule has 0 aliphatic carbocycles. The summed E-state index contributed by atoms with van der Waals surface area (Å²) in [7, 11) is 0. The van der Waals surface area contributed by atoms with Crippen molar-refractivity contribution >= 4 is 6.09 Å². The lowest BCUT2D eigenvalue weighted by Crippen LogP contribution is -2.46. The second-order valence-electron chi connectivity index (χ2n) is 4.86. The highest BCUT2D eigenvalue weighted by molar-refractivity contribution is 5.71. The van der Waals surface area contributed by atoms with Crippen LogP contribution in [0.3, 0.4) is 0 Å². The van der Waals surface area contributed by atoms with Crippen molar-refractivity contribution in [2.24, 2.45) is 5.92 Å². The molecule has 1 saturated heterocycles. The smallest absolute Gasteiger partial charge is 0.410 e. The number of ether oxygens (including phenoxy) is 1. The number of rotatable bonds is 1. The summed E-state index contributed by atoms with van der Waals surface area (Å²) in [6.45, 7) is 5.06. The van der Waals surface area contributed by atoms with Gasteiger partial charge in [-0.05, 0) is 37.8 Å². The van der Waals surface area contributed by atoms with Gasteiger partial charge in [0, 0.05) is 12.6 Å². The number of piperidine rings is 1. The zero-order valence-electron chi connectivity index (χ0n) is 10.4. The van der Waals surface area contributed by atoms with Gasteiger partial charge in [-0.25, -0.2) is 4.79 Å². The van der Waals surface area contributed by atoms with E-state index < -0.39 is 0 Å². The Labute approximate surface area is 102 Å². The standard InChI is InChI=1S/C14H19NO2/c1-11-8-9-12(2)15(10-11)14(16)17-13-6-4-3-5-7-13/h3-7,11-12H,8-10H2,1-2H3. The van der Waals surface area contributed by atoms with E-state index in [4.69, 9.17) is 4.74 Å². The molecule has 92 valence electrons. The summed E-state index contributed by atoms with van der Waals surface area (Å²) < 4.78 is 5.36. The molecule has 2 unspecified atom stereocenters. The van der Waals surface area contributed by atoms with Crippen molar-refractivity contribution in [1.29, 1.82) is 0 Å². The summed E-state index contributed by atoms with van der Waals surface area (Å²) in [5.74, 6) is 1.18.